The molecule has 0 spiro atoms. The Morgan fingerprint density at radius 3 is 2.83 bits per heavy atom. The Kier molecular flexibility index (Phi) is 5.86. The highest BCUT2D eigenvalue weighted by atomic mass is 16.5. The number of esters is 1. The standard InChI is InChI=1S/C18H20N2O3/c1-13(2)23-17(22)10-12-19-16(21)9-8-15-6-3-5-14-7-4-11-20-18(14)15/h3-9,11,13H,10,12H2,1-2H3,(H,19,21)/b9-8+. The summed E-state index contributed by atoms with van der Waals surface area (Å²) >= 11 is 0. The first-order valence-corrected chi connectivity index (χ1v) is 7.55. The summed E-state index contributed by atoms with van der Waals surface area (Å²) in [5.74, 6) is -0.571. The lowest BCUT2D eigenvalue weighted by Gasteiger charge is -2.07. The smallest absolute Gasteiger partial charge is 0.307 e. The molecule has 0 atom stereocenters. The molecule has 2 rings (SSSR count). The SMILES string of the molecule is CC(C)OC(=O)CCNC(=O)/C=C/c1cccc2cccnc12. The molecular formula is C18H20N2O3. The van der Waals surface area contributed by atoms with Gasteiger partial charge in [-0.25, -0.2) is 0 Å². The van der Waals surface area contributed by atoms with Crippen molar-refractivity contribution in [2.45, 2.75) is 26.4 Å². The normalized spacial score (nSPS) is 11.1. The second-order valence-corrected chi connectivity index (χ2v) is 5.34. The van der Waals surface area contributed by atoms with Crippen molar-refractivity contribution < 1.29 is 14.3 Å². The lowest BCUT2D eigenvalue weighted by molar-refractivity contribution is -0.147. The Labute approximate surface area is 135 Å². The number of hydrogen-bond donors (Lipinski definition) is 1. The van der Waals surface area contributed by atoms with Crippen LogP contribution >= 0.6 is 0 Å². The average Bonchev–Trinajstić information content (AvgIpc) is 2.52. The summed E-state index contributed by atoms with van der Waals surface area (Å²) in [6, 6.07) is 9.64. The fourth-order valence-electron chi connectivity index (χ4n) is 2.10. The fraction of sp³-hybridized carbons (Fsp3) is 0.278. The van der Waals surface area contributed by atoms with Gasteiger partial charge in [0.1, 0.15) is 0 Å². The molecule has 2 aromatic rings. The molecule has 1 aromatic heterocycles. The van der Waals surface area contributed by atoms with E-state index in [1.54, 1.807) is 26.1 Å². The van der Waals surface area contributed by atoms with Crippen molar-refractivity contribution in [1.82, 2.24) is 10.3 Å². The highest BCUT2D eigenvalue weighted by Crippen LogP contribution is 2.16. The van der Waals surface area contributed by atoms with E-state index in [1.165, 1.54) is 6.08 Å². The van der Waals surface area contributed by atoms with E-state index in [4.69, 9.17) is 4.74 Å². The van der Waals surface area contributed by atoms with Crippen molar-refractivity contribution in [3.63, 3.8) is 0 Å². The zero-order valence-electron chi connectivity index (χ0n) is 13.3. The van der Waals surface area contributed by atoms with Crippen LogP contribution in [0.5, 0.6) is 0 Å². The number of ether oxygens (including phenoxy) is 1. The summed E-state index contributed by atoms with van der Waals surface area (Å²) in [5.41, 5.74) is 1.72. The van der Waals surface area contributed by atoms with Crippen LogP contribution < -0.4 is 5.32 Å². The Balaban J connectivity index is 1.89. The summed E-state index contributed by atoms with van der Waals surface area (Å²) in [5, 5.41) is 3.68. The van der Waals surface area contributed by atoms with E-state index in [1.807, 2.05) is 30.3 Å². The topological polar surface area (TPSA) is 68.3 Å². The number of benzene rings is 1. The number of fused-ring (bicyclic) bond motifs is 1. The summed E-state index contributed by atoms with van der Waals surface area (Å²) in [4.78, 5) is 27.5. The molecule has 0 aliphatic heterocycles. The Morgan fingerprint density at radius 1 is 1.26 bits per heavy atom. The van der Waals surface area contributed by atoms with Crippen molar-refractivity contribution in [2.24, 2.45) is 0 Å². The van der Waals surface area contributed by atoms with Crippen LogP contribution in [0.25, 0.3) is 17.0 Å². The predicted octanol–water partition coefficient (Wildman–Crippen LogP) is 2.71. The fourth-order valence-corrected chi connectivity index (χ4v) is 2.10. The highest BCUT2D eigenvalue weighted by molar-refractivity contribution is 5.95. The third-order valence-corrected chi connectivity index (χ3v) is 3.07. The molecule has 0 saturated carbocycles. The molecule has 5 heteroatoms. The van der Waals surface area contributed by atoms with E-state index in [2.05, 4.69) is 10.3 Å². The van der Waals surface area contributed by atoms with Gasteiger partial charge in [-0.3, -0.25) is 14.6 Å². The van der Waals surface area contributed by atoms with Crippen LogP contribution in [-0.2, 0) is 14.3 Å². The maximum Gasteiger partial charge on any atom is 0.307 e. The van der Waals surface area contributed by atoms with Gasteiger partial charge in [0.05, 0.1) is 18.0 Å². The van der Waals surface area contributed by atoms with Gasteiger partial charge in [0.25, 0.3) is 0 Å². The van der Waals surface area contributed by atoms with E-state index in [0.29, 0.717) is 0 Å². The molecule has 0 radical (unpaired) electrons. The quantitative estimate of drug-likeness (QED) is 0.658. The van der Waals surface area contributed by atoms with E-state index in [9.17, 15) is 9.59 Å². The zero-order valence-corrected chi connectivity index (χ0v) is 13.3. The van der Waals surface area contributed by atoms with Gasteiger partial charge in [0, 0.05) is 29.8 Å². The molecule has 1 N–H and O–H groups in total. The van der Waals surface area contributed by atoms with E-state index >= 15 is 0 Å². The largest absolute Gasteiger partial charge is 0.463 e. The first-order chi connectivity index (χ1) is 11.1. The molecule has 1 amide bonds. The number of hydrogen-bond acceptors (Lipinski definition) is 4. The molecule has 0 saturated heterocycles. The molecule has 23 heavy (non-hydrogen) atoms. The van der Waals surface area contributed by atoms with Gasteiger partial charge in [-0.15, -0.1) is 0 Å². The van der Waals surface area contributed by atoms with Gasteiger partial charge in [-0.2, -0.15) is 0 Å². The molecular weight excluding hydrogens is 292 g/mol. The number of rotatable bonds is 6. The molecule has 0 aliphatic rings. The van der Waals surface area contributed by atoms with Crippen LogP contribution in [0.15, 0.2) is 42.6 Å². The minimum atomic E-state index is -0.317. The van der Waals surface area contributed by atoms with Gasteiger partial charge < -0.3 is 10.1 Å². The van der Waals surface area contributed by atoms with E-state index in [0.717, 1.165) is 16.5 Å². The maximum absolute atomic E-state index is 11.8. The summed E-state index contributed by atoms with van der Waals surface area (Å²) < 4.78 is 4.99. The number of para-hydroxylation sites is 1. The van der Waals surface area contributed by atoms with Gasteiger partial charge in [-0.1, -0.05) is 24.3 Å². The number of amides is 1. The number of aromatic nitrogens is 1. The maximum atomic E-state index is 11.8. The molecule has 0 fully saturated rings. The summed E-state index contributed by atoms with van der Waals surface area (Å²) in [7, 11) is 0. The number of nitrogens with zero attached hydrogens (tertiary/aromatic N) is 1. The number of pyridine rings is 1. The molecule has 0 unspecified atom stereocenters. The second-order valence-electron chi connectivity index (χ2n) is 5.34. The molecule has 1 heterocycles. The second kappa shape index (κ2) is 8.08. The third-order valence-electron chi connectivity index (χ3n) is 3.07. The van der Waals surface area contributed by atoms with E-state index in [-0.39, 0.29) is 30.9 Å². The van der Waals surface area contributed by atoms with Crippen molar-refractivity contribution >= 4 is 28.9 Å². The average molecular weight is 312 g/mol. The number of carbonyl (C=O) groups is 2. The van der Waals surface area contributed by atoms with Gasteiger partial charge in [0.2, 0.25) is 5.91 Å². The summed E-state index contributed by atoms with van der Waals surface area (Å²) in [6.45, 7) is 3.83. The highest BCUT2D eigenvalue weighted by Gasteiger charge is 2.05. The molecule has 120 valence electrons. The van der Waals surface area contributed by atoms with Crippen molar-refractivity contribution in [3.8, 4) is 0 Å². The van der Waals surface area contributed by atoms with Gasteiger partial charge in [0.15, 0.2) is 0 Å². The van der Waals surface area contributed by atoms with Crippen LogP contribution in [0, 0.1) is 0 Å². The molecule has 0 aliphatic carbocycles. The Bertz CT molecular complexity index is 718. The van der Waals surface area contributed by atoms with E-state index < -0.39 is 0 Å². The van der Waals surface area contributed by atoms with Crippen LogP contribution in [-0.4, -0.2) is 29.5 Å². The minimum Gasteiger partial charge on any atom is -0.463 e. The number of carbonyl (C=O) groups excluding carboxylic acids is 2. The van der Waals surface area contributed by atoms with Crippen molar-refractivity contribution in [3.05, 3.63) is 48.2 Å². The van der Waals surface area contributed by atoms with Gasteiger partial charge in [-0.05, 0) is 26.0 Å². The monoisotopic (exact) mass is 312 g/mol. The zero-order chi connectivity index (χ0) is 16.7. The van der Waals surface area contributed by atoms with Crippen molar-refractivity contribution in [1.29, 1.82) is 0 Å². The molecule has 0 bridgehead atoms. The Morgan fingerprint density at radius 2 is 2.04 bits per heavy atom. The van der Waals surface area contributed by atoms with Crippen LogP contribution in [0.4, 0.5) is 0 Å². The van der Waals surface area contributed by atoms with Crippen LogP contribution in [0.3, 0.4) is 0 Å². The van der Waals surface area contributed by atoms with Crippen LogP contribution in [0.1, 0.15) is 25.8 Å². The van der Waals surface area contributed by atoms with Crippen molar-refractivity contribution in [2.75, 3.05) is 6.54 Å². The summed E-state index contributed by atoms with van der Waals surface area (Å²) in [6.07, 6.45) is 4.90. The Hall–Kier alpha value is -2.69. The first kappa shape index (κ1) is 16.7. The third kappa shape index (κ3) is 5.21. The predicted molar refractivity (Wildman–Crippen MR) is 89.6 cm³/mol. The molecule has 5 nitrogen and oxygen atoms in total. The lowest BCUT2D eigenvalue weighted by Crippen LogP contribution is -2.25. The molecule has 1 aromatic carbocycles. The van der Waals surface area contributed by atoms with Gasteiger partial charge >= 0.3 is 5.97 Å². The minimum absolute atomic E-state index is 0.142. The lowest BCUT2D eigenvalue weighted by atomic mass is 10.1. The number of nitrogens with one attached hydrogen (secondary N) is 1. The first-order valence-electron chi connectivity index (χ1n) is 7.55. The van der Waals surface area contributed by atoms with Crippen LogP contribution in [0.2, 0.25) is 0 Å².